The molecule has 1 heterocycles. The van der Waals surface area contributed by atoms with Crippen molar-refractivity contribution in [3.63, 3.8) is 0 Å². The zero-order valence-corrected chi connectivity index (χ0v) is 12.0. The first-order valence-electron chi connectivity index (χ1n) is 7.00. The van der Waals surface area contributed by atoms with E-state index < -0.39 is 0 Å². The molecule has 2 aromatic carbocycles. The Morgan fingerprint density at radius 1 is 1.05 bits per heavy atom. The van der Waals surface area contributed by atoms with Gasteiger partial charge in [-0.1, -0.05) is 48.5 Å². The van der Waals surface area contributed by atoms with E-state index in [4.69, 9.17) is 0 Å². The molecular formula is C17H15N3O2. The summed E-state index contributed by atoms with van der Waals surface area (Å²) in [5.74, 6) is -0.316. The predicted molar refractivity (Wildman–Crippen MR) is 84.7 cm³/mol. The van der Waals surface area contributed by atoms with Gasteiger partial charge in [-0.15, -0.1) is 0 Å². The summed E-state index contributed by atoms with van der Waals surface area (Å²) in [4.78, 5) is 24.2. The number of nitrogens with zero attached hydrogens (tertiary/aromatic N) is 1. The molecule has 2 N–H and O–H groups in total. The van der Waals surface area contributed by atoms with E-state index in [1.165, 1.54) is 0 Å². The minimum absolute atomic E-state index is 0.152. The minimum atomic E-state index is -0.316. The Kier molecular flexibility index (Phi) is 3.70. The summed E-state index contributed by atoms with van der Waals surface area (Å²) in [6, 6.07) is 16.4. The van der Waals surface area contributed by atoms with Crippen LogP contribution in [0.1, 0.15) is 29.0 Å². The third kappa shape index (κ3) is 2.61. The molecule has 1 atom stereocenters. The van der Waals surface area contributed by atoms with Crippen molar-refractivity contribution >= 4 is 16.7 Å². The topological polar surface area (TPSA) is 74.8 Å². The van der Waals surface area contributed by atoms with Crippen LogP contribution in [-0.2, 0) is 0 Å². The monoisotopic (exact) mass is 293 g/mol. The highest BCUT2D eigenvalue weighted by Gasteiger charge is 2.16. The molecule has 0 radical (unpaired) electrons. The van der Waals surface area contributed by atoms with Crippen molar-refractivity contribution in [3.05, 3.63) is 76.2 Å². The number of aromatic amines is 1. The van der Waals surface area contributed by atoms with Crippen LogP contribution < -0.4 is 10.9 Å². The van der Waals surface area contributed by atoms with Crippen LogP contribution in [0.5, 0.6) is 0 Å². The van der Waals surface area contributed by atoms with Crippen molar-refractivity contribution in [2.45, 2.75) is 13.0 Å². The number of hydrogen-bond acceptors (Lipinski definition) is 3. The van der Waals surface area contributed by atoms with Crippen LogP contribution in [0.3, 0.4) is 0 Å². The minimum Gasteiger partial charge on any atom is -0.344 e. The van der Waals surface area contributed by atoms with Gasteiger partial charge in [0.1, 0.15) is 0 Å². The molecular weight excluding hydrogens is 278 g/mol. The van der Waals surface area contributed by atoms with Gasteiger partial charge in [0.2, 0.25) is 0 Å². The van der Waals surface area contributed by atoms with E-state index in [-0.39, 0.29) is 23.2 Å². The second kappa shape index (κ2) is 5.81. The largest absolute Gasteiger partial charge is 0.344 e. The van der Waals surface area contributed by atoms with Crippen LogP contribution in [0.15, 0.2) is 59.4 Å². The molecule has 3 aromatic rings. The number of rotatable bonds is 3. The fraction of sp³-hybridized carbons (Fsp3) is 0.118. The molecule has 0 aliphatic carbocycles. The number of fused-ring (bicyclic) bond motifs is 1. The molecule has 1 aromatic heterocycles. The van der Waals surface area contributed by atoms with E-state index in [0.717, 1.165) is 5.56 Å². The van der Waals surface area contributed by atoms with Crippen LogP contribution in [-0.4, -0.2) is 16.1 Å². The van der Waals surface area contributed by atoms with Gasteiger partial charge in [-0.2, -0.15) is 5.10 Å². The van der Waals surface area contributed by atoms with Crippen molar-refractivity contribution < 1.29 is 4.79 Å². The second-order valence-corrected chi connectivity index (χ2v) is 5.05. The quantitative estimate of drug-likeness (QED) is 0.778. The lowest BCUT2D eigenvalue weighted by atomic mass is 10.1. The molecule has 0 saturated heterocycles. The first kappa shape index (κ1) is 14.0. The molecule has 0 spiro atoms. The van der Waals surface area contributed by atoms with Gasteiger partial charge in [0.05, 0.1) is 11.4 Å². The molecule has 0 bridgehead atoms. The van der Waals surface area contributed by atoms with Gasteiger partial charge in [-0.3, -0.25) is 9.59 Å². The molecule has 3 rings (SSSR count). The summed E-state index contributed by atoms with van der Waals surface area (Å²) < 4.78 is 0. The van der Waals surface area contributed by atoms with Crippen molar-refractivity contribution in [2.24, 2.45) is 0 Å². The number of aromatic nitrogens is 2. The molecule has 22 heavy (non-hydrogen) atoms. The van der Waals surface area contributed by atoms with Gasteiger partial charge in [0.15, 0.2) is 5.69 Å². The molecule has 0 saturated carbocycles. The van der Waals surface area contributed by atoms with E-state index in [1.54, 1.807) is 24.3 Å². The van der Waals surface area contributed by atoms with Crippen LogP contribution in [0.25, 0.3) is 10.8 Å². The zero-order chi connectivity index (χ0) is 15.5. The number of benzene rings is 2. The Labute approximate surface area is 127 Å². The van der Waals surface area contributed by atoms with Crippen molar-refractivity contribution in [1.82, 2.24) is 15.5 Å². The summed E-state index contributed by atoms with van der Waals surface area (Å²) in [7, 11) is 0. The Bertz CT molecular complexity index is 872. The van der Waals surface area contributed by atoms with E-state index >= 15 is 0 Å². The van der Waals surface area contributed by atoms with E-state index in [1.807, 2.05) is 37.3 Å². The van der Waals surface area contributed by atoms with E-state index in [9.17, 15) is 9.59 Å². The average molecular weight is 293 g/mol. The third-order valence-electron chi connectivity index (χ3n) is 3.56. The summed E-state index contributed by atoms with van der Waals surface area (Å²) >= 11 is 0. The number of carbonyl (C=O) groups is 1. The summed E-state index contributed by atoms with van der Waals surface area (Å²) in [6.45, 7) is 1.90. The maximum Gasteiger partial charge on any atom is 0.272 e. The van der Waals surface area contributed by atoms with Crippen LogP contribution in [0.4, 0.5) is 0 Å². The number of carbonyl (C=O) groups excluding carboxylic acids is 1. The van der Waals surface area contributed by atoms with Gasteiger partial charge < -0.3 is 5.32 Å². The van der Waals surface area contributed by atoms with Gasteiger partial charge >= 0.3 is 0 Å². The SMILES string of the molecule is C[C@@H](NC(=O)c1n[nH]c(=O)c2ccccc12)c1ccccc1. The van der Waals surface area contributed by atoms with Gasteiger partial charge in [-0.25, -0.2) is 5.10 Å². The van der Waals surface area contributed by atoms with Crippen LogP contribution >= 0.6 is 0 Å². The van der Waals surface area contributed by atoms with Crippen LogP contribution in [0.2, 0.25) is 0 Å². The Morgan fingerprint density at radius 2 is 1.68 bits per heavy atom. The fourth-order valence-electron chi connectivity index (χ4n) is 2.38. The molecule has 5 nitrogen and oxygen atoms in total. The average Bonchev–Trinajstić information content (AvgIpc) is 2.56. The van der Waals surface area contributed by atoms with Gasteiger partial charge in [-0.05, 0) is 18.6 Å². The lowest BCUT2D eigenvalue weighted by Gasteiger charge is -2.14. The number of amides is 1. The third-order valence-corrected chi connectivity index (χ3v) is 3.56. The number of hydrogen-bond donors (Lipinski definition) is 2. The second-order valence-electron chi connectivity index (χ2n) is 5.05. The lowest BCUT2D eigenvalue weighted by Crippen LogP contribution is -2.29. The standard InChI is InChI=1S/C17H15N3O2/c1-11(12-7-3-2-4-8-12)18-17(22)15-13-9-5-6-10-14(13)16(21)20-19-15/h2-11H,1H3,(H,18,22)(H,20,21)/t11-/m1/s1. The molecule has 5 heteroatoms. The summed E-state index contributed by atoms with van der Waals surface area (Å²) in [5, 5.41) is 10.2. The van der Waals surface area contributed by atoms with E-state index in [2.05, 4.69) is 15.5 Å². The maximum atomic E-state index is 12.5. The molecule has 1 amide bonds. The highest BCUT2D eigenvalue weighted by atomic mass is 16.2. The number of nitrogens with one attached hydrogen (secondary N) is 2. The maximum absolute atomic E-state index is 12.5. The first-order chi connectivity index (χ1) is 10.7. The zero-order valence-electron chi connectivity index (χ0n) is 12.0. The Hall–Kier alpha value is -2.95. The van der Waals surface area contributed by atoms with Crippen LogP contribution in [0, 0.1) is 0 Å². The number of H-pyrrole nitrogens is 1. The highest BCUT2D eigenvalue weighted by molar-refractivity contribution is 6.04. The molecule has 0 unspecified atom stereocenters. The summed E-state index contributed by atoms with van der Waals surface area (Å²) in [5.41, 5.74) is 0.922. The van der Waals surface area contributed by atoms with Gasteiger partial charge in [0, 0.05) is 5.39 Å². The normalized spacial score (nSPS) is 12.0. The van der Waals surface area contributed by atoms with Gasteiger partial charge in [0.25, 0.3) is 11.5 Å². The smallest absolute Gasteiger partial charge is 0.272 e. The predicted octanol–water partition coefficient (Wildman–Crippen LogP) is 2.41. The molecule has 0 fully saturated rings. The molecule has 110 valence electrons. The Morgan fingerprint density at radius 3 is 2.41 bits per heavy atom. The summed E-state index contributed by atoms with van der Waals surface area (Å²) in [6.07, 6.45) is 0. The van der Waals surface area contributed by atoms with E-state index in [0.29, 0.717) is 10.8 Å². The van der Waals surface area contributed by atoms with Crippen molar-refractivity contribution in [2.75, 3.05) is 0 Å². The van der Waals surface area contributed by atoms with Crippen molar-refractivity contribution in [1.29, 1.82) is 0 Å². The molecule has 0 aliphatic heterocycles. The van der Waals surface area contributed by atoms with Crippen molar-refractivity contribution in [3.8, 4) is 0 Å². The fourth-order valence-corrected chi connectivity index (χ4v) is 2.38. The molecule has 0 aliphatic rings. The first-order valence-corrected chi connectivity index (χ1v) is 7.00. The Balaban J connectivity index is 1.93. The highest BCUT2D eigenvalue weighted by Crippen LogP contribution is 2.15. The lowest BCUT2D eigenvalue weighted by molar-refractivity contribution is 0.0935.